The molecule has 1 aliphatic rings. The molecule has 1 N–H and O–H groups in total. The molecule has 1 fully saturated rings. The number of rotatable bonds is 6. The van der Waals surface area contributed by atoms with Crippen molar-refractivity contribution in [3.63, 3.8) is 0 Å². The molecule has 0 unspecified atom stereocenters. The summed E-state index contributed by atoms with van der Waals surface area (Å²) in [4.78, 5) is 42.1. The number of amides is 1. The average Bonchev–Trinajstić information content (AvgIpc) is 3.75. The number of nitriles is 2. The zero-order valence-electron chi connectivity index (χ0n) is 23.6. The Morgan fingerprint density at radius 2 is 1.70 bits per heavy atom. The summed E-state index contributed by atoms with van der Waals surface area (Å²) in [6.45, 7) is 1.42. The van der Waals surface area contributed by atoms with Gasteiger partial charge in [-0.05, 0) is 18.2 Å². The largest absolute Gasteiger partial charge is 0.494 e. The predicted molar refractivity (Wildman–Crippen MR) is 161 cm³/mol. The highest BCUT2D eigenvalue weighted by Gasteiger charge is 2.31. The van der Waals surface area contributed by atoms with E-state index in [0.29, 0.717) is 65.7 Å². The molecule has 3 aromatic heterocycles. The number of Topliss-reactive ketones (excluding diaryl/α,β-unsaturated/α-hetero) is 1. The van der Waals surface area contributed by atoms with Gasteiger partial charge in [-0.1, -0.05) is 42.5 Å². The van der Waals surface area contributed by atoms with E-state index < -0.39 is 11.7 Å². The van der Waals surface area contributed by atoms with Crippen LogP contribution in [0.3, 0.4) is 0 Å². The fourth-order valence-corrected chi connectivity index (χ4v) is 5.26. The highest BCUT2D eigenvalue weighted by molar-refractivity contribution is 6.45. The highest BCUT2D eigenvalue weighted by Crippen LogP contribution is 2.32. The maximum Gasteiger partial charge on any atom is 0.295 e. The number of ketones is 1. The third-order valence-corrected chi connectivity index (χ3v) is 7.48. The topological polar surface area (TPSA) is 156 Å². The number of carbonyl (C=O) groups excluding carboxylic acids is 2. The lowest BCUT2D eigenvalue weighted by Crippen LogP contribution is -2.52. The van der Waals surface area contributed by atoms with E-state index in [1.165, 1.54) is 24.4 Å². The van der Waals surface area contributed by atoms with Crippen molar-refractivity contribution in [2.24, 2.45) is 4.99 Å². The number of methoxy groups -OCH3 is 1. The molecule has 0 radical (unpaired) electrons. The van der Waals surface area contributed by atoms with Crippen molar-refractivity contribution >= 4 is 28.4 Å². The number of aliphatic imine (C=N–C) groups is 1. The number of aromatic amines is 1. The summed E-state index contributed by atoms with van der Waals surface area (Å²) >= 11 is 0. The molecule has 12 nitrogen and oxygen atoms in total. The number of carbonyl (C=O) groups is 2. The Labute approximate surface area is 252 Å². The van der Waals surface area contributed by atoms with E-state index in [9.17, 15) is 14.9 Å². The molecule has 4 heterocycles. The summed E-state index contributed by atoms with van der Waals surface area (Å²) in [5, 5.41) is 23.4. The van der Waals surface area contributed by atoms with E-state index in [0.717, 1.165) is 11.1 Å². The predicted octanol–water partition coefficient (Wildman–Crippen LogP) is 3.55. The second-order valence-electron chi connectivity index (χ2n) is 9.95. The lowest BCUT2D eigenvalue weighted by Gasteiger charge is -2.36. The van der Waals surface area contributed by atoms with Gasteiger partial charge >= 0.3 is 0 Å². The third-order valence-electron chi connectivity index (χ3n) is 7.48. The third kappa shape index (κ3) is 5.12. The Hall–Kier alpha value is -6.27. The fourth-order valence-electron chi connectivity index (χ4n) is 5.26. The van der Waals surface area contributed by atoms with Crippen LogP contribution in [0, 0.1) is 22.8 Å². The molecular weight excluding hydrogens is 558 g/mol. The number of benzene rings is 2. The molecule has 1 saturated heterocycles. The molecule has 44 heavy (non-hydrogen) atoms. The number of hydrogen-bond acceptors (Lipinski definition) is 8. The zero-order valence-corrected chi connectivity index (χ0v) is 23.6. The van der Waals surface area contributed by atoms with Crippen LogP contribution >= 0.6 is 0 Å². The lowest BCUT2D eigenvalue weighted by molar-refractivity contribution is -0.127. The molecule has 0 spiro atoms. The zero-order chi connectivity index (χ0) is 30.6. The Morgan fingerprint density at radius 3 is 2.39 bits per heavy atom. The number of piperazine rings is 1. The van der Waals surface area contributed by atoms with Crippen LogP contribution in [0.1, 0.15) is 21.5 Å². The average molecular weight is 584 g/mol. The summed E-state index contributed by atoms with van der Waals surface area (Å²) in [6.07, 6.45) is 6.60. The van der Waals surface area contributed by atoms with Crippen LogP contribution in [0.15, 0.2) is 84.2 Å². The Kier molecular flexibility index (Phi) is 7.55. The number of fused-ring (bicyclic) bond motifs is 1. The summed E-state index contributed by atoms with van der Waals surface area (Å²) in [5.41, 5.74) is 3.52. The van der Waals surface area contributed by atoms with Gasteiger partial charge in [0.05, 0.1) is 47.1 Å². The lowest BCUT2D eigenvalue weighted by atomic mass is 10.1. The Balaban J connectivity index is 1.24. The van der Waals surface area contributed by atoms with Crippen LogP contribution in [-0.2, 0) is 4.79 Å². The Morgan fingerprint density at radius 1 is 0.977 bits per heavy atom. The standard InChI is InChI=1S/C32H25N9O3/c1-44-26-19-36-31(41-12-11-25(38-41)22-9-7-21(17-33)8-10-22)28-27(26)24(18-35-28)29(42)32(43)40-15-13-39(14-16-40)30(37-20-34)23-5-3-2-4-6-23/h2-12,18-19,35H,13-16H2,1H3/b37-30+. The number of amidine groups is 1. The van der Waals surface area contributed by atoms with Crippen LogP contribution in [0.2, 0.25) is 0 Å². The van der Waals surface area contributed by atoms with Crippen molar-refractivity contribution < 1.29 is 14.3 Å². The first-order valence-corrected chi connectivity index (χ1v) is 13.7. The molecule has 5 aromatic rings. The number of ether oxygens (including phenoxy) is 1. The van der Waals surface area contributed by atoms with E-state index in [2.05, 4.69) is 26.1 Å². The van der Waals surface area contributed by atoms with E-state index >= 15 is 0 Å². The minimum Gasteiger partial charge on any atom is -0.494 e. The van der Waals surface area contributed by atoms with E-state index in [4.69, 9.17) is 10.00 Å². The van der Waals surface area contributed by atoms with Gasteiger partial charge in [-0.2, -0.15) is 20.6 Å². The molecule has 0 aliphatic carbocycles. The number of nitrogens with one attached hydrogen (secondary N) is 1. The molecule has 6 rings (SSSR count). The second-order valence-corrected chi connectivity index (χ2v) is 9.95. The van der Waals surface area contributed by atoms with Crippen molar-refractivity contribution in [1.82, 2.24) is 29.5 Å². The van der Waals surface area contributed by atoms with Gasteiger partial charge in [-0.15, -0.1) is 0 Å². The van der Waals surface area contributed by atoms with Crippen LogP contribution in [0.4, 0.5) is 0 Å². The van der Waals surface area contributed by atoms with Gasteiger partial charge in [0.2, 0.25) is 6.19 Å². The van der Waals surface area contributed by atoms with Crippen molar-refractivity contribution in [2.75, 3.05) is 33.3 Å². The molecule has 2 aromatic carbocycles. The molecule has 12 heteroatoms. The fraction of sp³-hybridized carbons (Fsp3) is 0.156. The quantitative estimate of drug-likeness (QED) is 0.105. The minimum atomic E-state index is -0.673. The summed E-state index contributed by atoms with van der Waals surface area (Å²) < 4.78 is 7.11. The van der Waals surface area contributed by atoms with Crippen LogP contribution < -0.4 is 4.74 Å². The molecule has 0 bridgehead atoms. The van der Waals surface area contributed by atoms with E-state index in [1.54, 1.807) is 23.0 Å². The molecule has 216 valence electrons. The van der Waals surface area contributed by atoms with Crippen LogP contribution in [0.25, 0.3) is 28.0 Å². The SMILES string of the molecule is COc1cnc(-n2ccc(-c3ccc(C#N)cc3)n2)c2[nH]cc(C(=O)C(=O)N3CCN(/C(=N/C#N)c4ccccc4)CC3)c12. The van der Waals surface area contributed by atoms with Crippen molar-refractivity contribution in [2.45, 2.75) is 0 Å². The number of pyridine rings is 1. The molecular formula is C32H25N9O3. The molecule has 1 aliphatic heterocycles. The highest BCUT2D eigenvalue weighted by atomic mass is 16.5. The smallest absolute Gasteiger partial charge is 0.295 e. The van der Waals surface area contributed by atoms with Gasteiger partial charge in [-0.3, -0.25) is 9.59 Å². The summed E-state index contributed by atoms with van der Waals surface area (Å²) in [5.74, 6) is -0.00919. The maximum absolute atomic E-state index is 13.6. The number of H-pyrrole nitrogens is 1. The van der Waals surface area contributed by atoms with Gasteiger partial charge in [0.15, 0.2) is 5.82 Å². The number of nitrogens with zero attached hydrogens (tertiary/aromatic N) is 8. The minimum absolute atomic E-state index is 0.170. The second kappa shape index (κ2) is 11.9. The van der Waals surface area contributed by atoms with Gasteiger partial charge in [0, 0.05) is 49.7 Å². The van der Waals surface area contributed by atoms with Crippen LogP contribution in [0.5, 0.6) is 5.75 Å². The molecule has 0 saturated carbocycles. The number of hydrogen-bond donors (Lipinski definition) is 1. The monoisotopic (exact) mass is 583 g/mol. The first-order chi connectivity index (χ1) is 21.5. The van der Waals surface area contributed by atoms with E-state index in [-0.39, 0.29) is 5.56 Å². The first kappa shape index (κ1) is 27.9. The summed E-state index contributed by atoms with van der Waals surface area (Å²) in [6, 6.07) is 20.4. The molecule has 1 amide bonds. The van der Waals surface area contributed by atoms with Crippen molar-refractivity contribution in [3.05, 3.63) is 95.9 Å². The van der Waals surface area contributed by atoms with E-state index in [1.807, 2.05) is 59.6 Å². The van der Waals surface area contributed by atoms with Crippen LogP contribution in [-0.4, -0.2) is 80.4 Å². The van der Waals surface area contributed by atoms with Crippen molar-refractivity contribution in [3.8, 4) is 35.1 Å². The van der Waals surface area contributed by atoms with Gasteiger partial charge in [0.1, 0.15) is 11.6 Å². The van der Waals surface area contributed by atoms with Gasteiger partial charge in [0.25, 0.3) is 11.7 Å². The first-order valence-electron chi connectivity index (χ1n) is 13.7. The number of aromatic nitrogens is 4. The van der Waals surface area contributed by atoms with Gasteiger partial charge < -0.3 is 19.5 Å². The summed E-state index contributed by atoms with van der Waals surface area (Å²) in [7, 11) is 1.47. The van der Waals surface area contributed by atoms with Crippen molar-refractivity contribution in [1.29, 1.82) is 10.5 Å². The Bertz CT molecular complexity index is 1970. The van der Waals surface area contributed by atoms with Gasteiger partial charge in [-0.25, -0.2) is 9.67 Å². The molecule has 0 atom stereocenters. The normalized spacial score (nSPS) is 13.4. The maximum atomic E-state index is 13.6.